The van der Waals surface area contributed by atoms with Crippen LogP contribution in [0.1, 0.15) is 25.8 Å². The fraction of sp³-hybridized carbons (Fsp3) is 0.429. The van der Waals surface area contributed by atoms with E-state index in [4.69, 9.17) is 4.74 Å². The fourth-order valence-corrected chi connectivity index (χ4v) is 1.73. The molecule has 0 aliphatic heterocycles. The standard InChI is InChI=1S/C14H16F3NO3/c1-3-21-13(20)8-9-18(10(2)19)12-6-4-11(5-7-12)14(15,16)17/h4-7H,3,8-9H2,1-2H3. The van der Waals surface area contributed by atoms with Gasteiger partial charge in [-0.3, -0.25) is 9.59 Å². The van der Waals surface area contributed by atoms with Gasteiger partial charge in [0.25, 0.3) is 0 Å². The molecule has 0 saturated carbocycles. The summed E-state index contributed by atoms with van der Waals surface area (Å²) in [5.74, 6) is -0.824. The average Bonchev–Trinajstić information content (AvgIpc) is 2.38. The highest BCUT2D eigenvalue weighted by Gasteiger charge is 2.30. The molecule has 1 amide bonds. The lowest BCUT2D eigenvalue weighted by Crippen LogP contribution is -2.31. The van der Waals surface area contributed by atoms with Gasteiger partial charge in [0, 0.05) is 19.2 Å². The number of alkyl halides is 3. The summed E-state index contributed by atoms with van der Waals surface area (Å²) in [5.41, 5.74) is -0.486. The first-order valence-electron chi connectivity index (χ1n) is 6.36. The number of anilines is 1. The van der Waals surface area contributed by atoms with E-state index in [-0.39, 0.29) is 25.5 Å². The molecule has 1 aromatic rings. The third kappa shape index (κ3) is 5.09. The van der Waals surface area contributed by atoms with E-state index in [1.165, 1.54) is 24.0 Å². The minimum absolute atomic E-state index is 0.0194. The number of rotatable bonds is 5. The Morgan fingerprint density at radius 1 is 1.19 bits per heavy atom. The van der Waals surface area contributed by atoms with Crippen molar-refractivity contribution < 1.29 is 27.5 Å². The molecule has 1 aromatic carbocycles. The van der Waals surface area contributed by atoms with E-state index in [1.807, 2.05) is 0 Å². The molecule has 0 fully saturated rings. The Kier molecular flexibility index (Phi) is 5.75. The molecule has 0 unspecified atom stereocenters. The Morgan fingerprint density at radius 2 is 1.76 bits per heavy atom. The van der Waals surface area contributed by atoms with Crippen LogP contribution in [0.4, 0.5) is 18.9 Å². The SMILES string of the molecule is CCOC(=O)CCN(C(C)=O)c1ccc(C(F)(F)F)cc1. The van der Waals surface area contributed by atoms with E-state index in [0.717, 1.165) is 12.1 Å². The highest BCUT2D eigenvalue weighted by Crippen LogP contribution is 2.30. The van der Waals surface area contributed by atoms with Crippen LogP contribution in [-0.2, 0) is 20.5 Å². The van der Waals surface area contributed by atoms with Gasteiger partial charge in [0.05, 0.1) is 18.6 Å². The Balaban J connectivity index is 2.82. The largest absolute Gasteiger partial charge is 0.466 e. The van der Waals surface area contributed by atoms with Crippen LogP contribution in [0.5, 0.6) is 0 Å². The summed E-state index contributed by atoms with van der Waals surface area (Å²) in [4.78, 5) is 24.1. The number of carbonyl (C=O) groups is 2. The molecule has 0 atom stereocenters. The number of benzene rings is 1. The molecular weight excluding hydrogens is 287 g/mol. The van der Waals surface area contributed by atoms with Crippen LogP contribution >= 0.6 is 0 Å². The smallest absolute Gasteiger partial charge is 0.416 e. The van der Waals surface area contributed by atoms with Gasteiger partial charge in [0.2, 0.25) is 5.91 Å². The molecule has 21 heavy (non-hydrogen) atoms. The second kappa shape index (κ2) is 7.10. The molecule has 7 heteroatoms. The van der Waals surface area contributed by atoms with Crippen molar-refractivity contribution in [3.05, 3.63) is 29.8 Å². The molecule has 0 aromatic heterocycles. The highest BCUT2D eigenvalue weighted by atomic mass is 19.4. The molecule has 116 valence electrons. The molecule has 0 spiro atoms. The number of amides is 1. The maximum atomic E-state index is 12.5. The van der Waals surface area contributed by atoms with Gasteiger partial charge in [-0.1, -0.05) is 0 Å². The monoisotopic (exact) mass is 303 g/mol. The number of esters is 1. The van der Waals surface area contributed by atoms with Gasteiger partial charge in [0.15, 0.2) is 0 Å². The first-order valence-corrected chi connectivity index (χ1v) is 6.36. The lowest BCUT2D eigenvalue weighted by Gasteiger charge is -2.21. The third-order valence-electron chi connectivity index (χ3n) is 2.73. The van der Waals surface area contributed by atoms with E-state index in [9.17, 15) is 22.8 Å². The van der Waals surface area contributed by atoms with Crippen LogP contribution in [0.25, 0.3) is 0 Å². The van der Waals surface area contributed by atoms with Crippen molar-refractivity contribution >= 4 is 17.6 Å². The Labute approximate surface area is 120 Å². The van der Waals surface area contributed by atoms with Crippen molar-refractivity contribution in [1.82, 2.24) is 0 Å². The number of carbonyl (C=O) groups excluding carboxylic acids is 2. The van der Waals surface area contributed by atoms with E-state index in [2.05, 4.69) is 0 Å². The van der Waals surface area contributed by atoms with E-state index < -0.39 is 17.7 Å². The lowest BCUT2D eigenvalue weighted by atomic mass is 10.2. The number of nitrogens with zero attached hydrogens (tertiary/aromatic N) is 1. The summed E-state index contributed by atoms with van der Waals surface area (Å²) in [6.07, 6.45) is -4.45. The first kappa shape index (κ1) is 17.0. The van der Waals surface area contributed by atoms with Gasteiger partial charge in [-0.15, -0.1) is 0 Å². The van der Waals surface area contributed by atoms with Crippen LogP contribution in [0, 0.1) is 0 Å². The molecule has 4 nitrogen and oxygen atoms in total. The zero-order chi connectivity index (χ0) is 16.0. The molecule has 0 N–H and O–H groups in total. The van der Waals surface area contributed by atoms with Crippen LogP contribution in [0.2, 0.25) is 0 Å². The van der Waals surface area contributed by atoms with Crippen LogP contribution in [0.15, 0.2) is 24.3 Å². The molecule has 0 bridgehead atoms. The van der Waals surface area contributed by atoms with Gasteiger partial charge in [0.1, 0.15) is 0 Å². The van der Waals surface area contributed by atoms with Gasteiger partial charge in [-0.25, -0.2) is 0 Å². The summed E-state index contributed by atoms with van der Waals surface area (Å²) < 4.78 is 42.2. The van der Waals surface area contributed by atoms with Gasteiger partial charge < -0.3 is 9.64 Å². The van der Waals surface area contributed by atoms with Crippen molar-refractivity contribution in [2.24, 2.45) is 0 Å². The second-order valence-electron chi connectivity index (χ2n) is 4.27. The second-order valence-corrected chi connectivity index (χ2v) is 4.27. The lowest BCUT2D eigenvalue weighted by molar-refractivity contribution is -0.143. The number of halogens is 3. The van der Waals surface area contributed by atoms with Crippen LogP contribution in [-0.4, -0.2) is 25.0 Å². The molecular formula is C14H16F3NO3. The van der Waals surface area contributed by atoms with Gasteiger partial charge in [-0.05, 0) is 31.2 Å². The highest BCUT2D eigenvalue weighted by molar-refractivity contribution is 5.92. The van der Waals surface area contributed by atoms with Gasteiger partial charge in [-0.2, -0.15) is 13.2 Å². The fourth-order valence-electron chi connectivity index (χ4n) is 1.73. The van der Waals surface area contributed by atoms with E-state index in [1.54, 1.807) is 6.92 Å². The molecule has 0 aliphatic rings. The summed E-state index contributed by atoms with van der Waals surface area (Å²) in [7, 11) is 0. The Morgan fingerprint density at radius 3 is 2.19 bits per heavy atom. The quantitative estimate of drug-likeness (QED) is 0.786. The average molecular weight is 303 g/mol. The summed E-state index contributed by atoms with van der Waals surface area (Å²) in [6.45, 7) is 3.23. The molecule has 0 heterocycles. The minimum atomic E-state index is -4.43. The molecule has 0 aliphatic carbocycles. The summed E-state index contributed by atoms with van der Waals surface area (Å²) in [5, 5.41) is 0. The predicted octanol–water partition coefficient (Wildman–Crippen LogP) is 3.01. The maximum Gasteiger partial charge on any atom is 0.416 e. The van der Waals surface area contributed by atoms with Crippen LogP contribution in [0.3, 0.4) is 0 Å². The van der Waals surface area contributed by atoms with E-state index in [0.29, 0.717) is 5.69 Å². The van der Waals surface area contributed by atoms with Crippen molar-refractivity contribution in [2.45, 2.75) is 26.4 Å². The number of hydrogen-bond acceptors (Lipinski definition) is 3. The molecule has 0 radical (unpaired) electrons. The topological polar surface area (TPSA) is 46.6 Å². The zero-order valence-electron chi connectivity index (χ0n) is 11.7. The number of ether oxygens (including phenoxy) is 1. The summed E-state index contributed by atoms with van der Waals surface area (Å²) >= 11 is 0. The predicted molar refractivity (Wildman–Crippen MR) is 70.7 cm³/mol. The van der Waals surface area contributed by atoms with Crippen molar-refractivity contribution in [1.29, 1.82) is 0 Å². The van der Waals surface area contributed by atoms with Gasteiger partial charge >= 0.3 is 12.1 Å². The minimum Gasteiger partial charge on any atom is -0.466 e. The first-order chi connectivity index (χ1) is 9.75. The van der Waals surface area contributed by atoms with Crippen molar-refractivity contribution in [2.75, 3.05) is 18.1 Å². The number of hydrogen-bond donors (Lipinski definition) is 0. The zero-order valence-corrected chi connectivity index (χ0v) is 11.7. The molecule has 1 rings (SSSR count). The van der Waals surface area contributed by atoms with Crippen molar-refractivity contribution in [3.8, 4) is 0 Å². The van der Waals surface area contributed by atoms with Crippen LogP contribution < -0.4 is 4.90 Å². The molecule has 0 saturated heterocycles. The van der Waals surface area contributed by atoms with E-state index >= 15 is 0 Å². The van der Waals surface area contributed by atoms with Crippen molar-refractivity contribution in [3.63, 3.8) is 0 Å². The Hall–Kier alpha value is -2.05. The normalized spacial score (nSPS) is 11.1. The summed E-state index contributed by atoms with van der Waals surface area (Å²) in [6, 6.07) is 4.20. The maximum absolute atomic E-state index is 12.5. The third-order valence-corrected chi connectivity index (χ3v) is 2.73. The Bertz CT molecular complexity index is 497.